The van der Waals surface area contributed by atoms with E-state index < -0.39 is 24.5 Å². The zero-order chi connectivity index (χ0) is 18.4. The molecule has 0 radical (unpaired) electrons. The topological polar surface area (TPSA) is 68.8 Å². The van der Waals surface area contributed by atoms with E-state index in [2.05, 4.69) is 21.9 Å². The van der Waals surface area contributed by atoms with Gasteiger partial charge in [-0.15, -0.1) is 0 Å². The van der Waals surface area contributed by atoms with E-state index >= 15 is 0 Å². The lowest BCUT2D eigenvalue weighted by Crippen LogP contribution is -2.51. The molecule has 0 unspecified atom stereocenters. The van der Waals surface area contributed by atoms with Gasteiger partial charge in [0, 0.05) is 18.4 Å². The second kappa shape index (κ2) is 8.72. The van der Waals surface area contributed by atoms with Crippen LogP contribution in [0.4, 0.5) is 8.78 Å². The van der Waals surface area contributed by atoms with Gasteiger partial charge in [-0.25, -0.2) is 0 Å². The fourth-order valence-electron chi connectivity index (χ4n) is 2.48. The van der Waals surface area contributed by atoms with Gasteiger partial charge in [-0.2, -0.15) is 8.78 Å². The molecule has 0 spiro atoms. The van der Waals surface area contributed by atoms with Crippen molar-refractivity contribution in [3.05, 3.63) is 42.1 Å². The van der Waals surface area contributed by atoms with Crippen molar-refractivity contribution in [1.82, 2.24) is 10.6 Å². The molecule has 6 nitrogen and oxygen atoms in total. The molecule has 0 saturated carbocycles. The van der Waals surface area contributed by atoms with E-state index in [0.717, 1.165) is 0 Å². The maximum absolute atomic E-state index is 12.7. The number of halogens is 2. The minimum atomic E-state index is -3.00. The minimum Gasteiger partial charge on any atom is -0.463 e. The first-order chi connectivity index (χ1) is 11.9. The van der Waals surface area contributed by atoms with E-state index in [1.165, 1.54) is 13.2 Å². The second-order valence-electron chi connectivity index (χ2n) is 5.16. The average Bonchev–Trinajstić information content (AvgIpc) is 2.54. The highest BCUT2D eigenvalue weighted by atomic mass is 32.1. The minimum absolute atomic E-state index is 0.0535. The Labute approximate surface area is 149 Å². The van der Waals surface area contributed by atoms with Crippen molar-refractivity contribution < 1.29 is 27.8 Å². The molecular formula is C16H18F2N2O4S. The van der Waals surface area contributed by atoms with Crippen molar-refractivity contribution in [3.63, 3.8) is 0 Å². The predicted molar refractivity (Wildman–Crippen MR) is 90.1 cm³/mol. The molecule has 1 fully saturated rings. The van der Waals surface area contributed by atoms with Gasteiger partial charge in [0.2, 0.25) is 0 Å². The van der Waals surface area contributed by atoms with Gasteiger partial charge >= 0.3 is 12.6 Å². The van der Waals surface area contributed by atoms with Crippen molar-refractivity contribution in [2.75, 3.05) is 20.3 Å². The zero-order valence-corrected chi connectivity index (χ0v) is 14.3. The number of thiocarbonyl (C=S) groups is 1. The molecule has 1 aromatic rings. The van der Waals surface area contributed by atoms with Crippen LogP contribution in [0.15, 0.2) is 36.5 Å². The van der Waals surface area contributed by atoms with Crippen LogP contribution in [0.3, 0.4) is 0 Å². The highest BCUT2D eigenvalue weighted by Crippen LogP contribution is 2.36. The lowest BCUT2D eigenvalue weighted by molar-refractivity contribution is -0.149. The van der Waals surface area contributed by atoms with Gasteiger partial charge in [0.05, 0.1) is 12.6 Å². The number of benzene rings is 1. The standard InChI is InChI=1S/C16H18F2N2O4S/c1-9-12(14(21)23-8-7-22-2)13(20-16(25)19-9)10-5-3-4-6-11(10)24-15(17)18/h3-6,12-13,15H,1,7-8H2,2H3,(H2,19,20,25)/t12-,13-/m0/s1. The molecule has 0 bridgehead atoms. The number of hydrogen-bond acceptors (Lipinski definition) is 5. The smallest absolute Gasteiger partial charge is 0.387 e. The third-order valence-electron chi connectivity index (χ3n) is 3.53. The first-order valence-electron chi connectivity index (χ1n) is 7.39. The summed E-state index contributed by atoms with van der Waals surface area (Å²) in [6, 6.07) is 5.42. The van der Waals surface area contributed by atoms with E-state index in [1.807, 2.05) is 0 Å². The van der Waals surface area contributed by atoms with E-state index in [0.29, 0.717) is 11.3 Å². The first kappa shape index (κ1) is 19.1. The number of alkyl halides is 2. The van der Waals surface area contributed by atoms with Crippen LogP contribution in [-0.4, -0.2) is 38.0 Å². The van der Waals surface area contributed by atoms with E-state index in [-0.39, 0.29) is 24.1 Å². The Morgan fingerprint density at radius 1 is 1.36 bits per heavy atom. The predicted octanol–water partition coefficient (Wildman–Crippen LogP) is 2.13. The Kier molecular flexibility index (Phi) is 6.65. The first-order valence-corrected chi connectivity index (χ1v) is 7.80. The van der Waals surface area contributed by atoms with Gasteiger partial charge in [0.25, 0.3) is 0 Å². The van der Waals surface area contributed by atoms with Crippen molar-refractivity contribution in [2.45, 2.75) is 12.7 Å². The number of methoxy groups -OCH3 is 1. The van der Waals surface area contributed by atoms with Crippen molar-refractivity contribution >= 4 is 23.3 Å². The van der Waals surface area contributed by atoms with Crippen LogP contribution in [-0.2, 0) is 14.3 Å². The van der Waals surface area contributed by atoms with Crippen LogP contribution < -0.4 is 15.4 Å². The summed E-state index contributed by atoms with van der Waals surface area (Å²) in [6.45, 7) is 1.10. The van der Waals surface area contributed by atoms with E-state index in [9.17, 15) is 13.6 Å². The molecule has 2 N–H and O–H groups in total. The Bertz CT molecular complexity index is 657. The fraction of sp³-hybridized carbons (Fsp3) is 0.375. The summed E-state index contributed by atoms with van der Waals surface area (Å²) in [5.74, 6) is -1.52. The van der Waals surface area contributed by atoms with E-state index in [1.54, 1.807) is 18.2 Å². The Morgan fingerprint density at radius 3 is 2.76 bits per heavy atom. The van der Waals surface area contributed by atoms with Crippen molar-refractivity contribution in [2.24, 2.45) is 5.92 Å². The molecule has 2 atom stereocenters. The third kappa shape index (κ3) is 4.86. The summed E-state index contributed by atoms with van der Waals surface area (Å²) in [4.78, 5) is 12.5. The molecule has 0 aliphatic carbocycles. The number of hydrogen-bond donors (Lipinski definition) is 2. The highest BCUT2D eigenvalue weighted by Gasteiger charge is 2.39. The normalized spacial score (nSPS) is 20.0. The largest absolute Gasteiger partial charge is 0.463 e. The molecular weight excluding hydrogens is 354 g/mol. The summed E-state index contributed by atoms with van der Waals surface area (Å²) in [7, 11) is 1.48. The molecule has 1 aromatic carbocycles. The Hall–Kier alpha value is -2.26. The summed E-state index contributed by atoms with van der Waals surface area (Å²) < 4.78 is 39.9. The molecule has 0 amide bonds. The van der Waals surface area contributed by atoms with Crippen molar-refractivity contribution in [1.29, 1.82) is 0 Å². The molecule has 25 heavy (non-hydrogen) atoms. The maximum Gasteiger partial charge on any atom is 0.387 e. The average molecular weight is 372 g/mol. The molecule has 136 valence electrons. The zero-order valence-electron chi connectivity index (χ0n) is 13.5. The van der Waals surface area contributed by atoms with Crippen LogP contribution in [0.25, 0.3) is 0 Å². The molecule has 2 rings (SSSR count). The lowest BCUT2D eigenvalue weighted by Gasteiger charge is -2.35. The molecule has 1 heterocycles. The van der Waals surface area contributed by atoms with Gasteiger partial charge in [0.15, 0.2) is 5.11 Å². The van der Waals surface area contributed by atoms with Gasteiger partial charge in [-0.05, 0) is 18.3 Å². The van der Waals surface area contributed by atoms with Crippen LogP contribution in [0.2, 0.25) is 0 Å². The third-order valence-corrected chi connectivity index (χ3v) is 3.75. The number of carbonyl (C=O) groups excluding carboxylic acids is 1. The quantitative estimate of drug-likeness (QED) is 0.432. The summed E-state index contributed by atoms with van der Waals surface area (Å²) >= 11 is 5.09. The van der Waals surface area contributed by atoms with Gasteiger partial charge < -0.3 is 24.8 Å². The van der Waals surface area contributed by atoms with Crippen LogP contribution in [0, 0.1) is 5.92 Å². The second-order valence-corrected chi connectivity index (χ2v) is 5.56. The summed E-state index contributed by atoms with van der Waals surface area (Å²) in [5.41, 5.74) is 0.657. The van der Waals surface area contributed by atoms with Crippen LogP contribution in [0.5, 0.6) is 5.75 Å². The van der Waals surface area contributed by atoms with Crippen LogP contribution >= 0.6 is 12.2 Å². The highest BCUT2D eigenvalue weighted by molar-refractivity contribution is 7.80. The number of esters is 1. The van der Waals surface area contributed by atoms with Crippen molar-refractivity contribution in [3.8, 4) is 5.75 Å². The van der Waals surface area contributed by atoms with Gasteiger partial charge in [-0.1, -0.05) is 24.8 Å². The summed E-state index contributed by atoms with van der Waals surface area (Å²) in [6.07, 6.45) is 0. The molecule has 1 saturated heterocycles. The lowest BCUT2D eigenvalue weighted by atomic mass is 9.88. The number of nitrogens with one attached hydrogen (secondary N) is 2. The number of para-hydroxylation sites is 1. The molecule has 0 aromatic heterocycles. The number of rotatable bonds is 7. The SMILES string of the molecule is C=C1NC(=S)N[C@@H](c2ccccc2OC(F)F)[C@H]1C(=O)OCCOC. The Balaban J connectivity index is 2.32. The van der Waals surface area contributed by atoms with Gasteiger partial charge in [0.1, 0.15) is 18.3 Å². The molecule has 1 aliphatic heterocycles. The maximum atomic E-state index is 12.7. The molecule has 9 heteroatoms. The van der Waals surface area contributed by atoms with E-state index in [4.69, 9.17) is 21.7 Å². The summed E-state index contributed by atoms with van der Waals surface area (Å²) in [5, 5.41) is 5.89. The molecule has 1 aliphatic rings. The monoisotopic (exact) mass is 372 g/mol. The van der Waals surface area contributed by atoms with Gasteiger partial charge in [-0.3, -0.25) is 4.79 Å². The number of carbonyl (C=O) groups is 1. The number of ether oxygens (including phenoxy) is 3. The fourth-order valence-corrected chi connectivity index (χ4v) is 2.74. The van der Waals surface area contributed by atoms with Crippen LogP contribution in [0.1, 0.15) is 11.6 Å². The Morgan fingerprint density at radius 2 is 2.08 bits per heavy atom.